The van der Waals surface area contributed by atoms with E-state index in [0.29, 0.717) is 57.9 Å². The molecule has 0 atom stereocenters. The minimum absolute atomic E-state index is 0.160. The summed E-state index contributed by atoms with van der Waals surface area (Å²) in [5, 5.41) is 16.4. The SMILES string of the molecule is C=C(OCC)c1c(C2CCCCC2)nc2c(-c3ccc(-c4ccccc4)nc3)cnn2c1N(COCC[Si](C)(C)C)COCC[Si](C)(C)C.O=C1CCNc2c1c(C1CCNCC1)nc1c(-c3ccc(-c4ccccc4)nc3)cnn21. The zero-order valence-electron chi connectivity index (χ0n) is 48.6. The molecule has 2 fully saturated rings. The minimum atomic E-state index is -1.27. The van der Waals surface area contributed by atoms with Gasteiger partial charge in [0, 0.05) is 99.9 Å². The Bertz CT molecular complexity index is 3380. The zero-order chi connectivity index (χ0) is 56.5. The van der Waals surface area contributed by atoms with Crippen molar-refractivity contribution in [3.8, 4) is 44.8 Å². The van der Waals surface area contributed by atoms with E-state index >= 15 is 0 Å². The van der Waals surface area contributed by atoms with Crippen LogP contribution in [0.3, 0.4) is 0 Å². The Morgan fingerprint density at radius 3 is 1.70 bits per heavy atom. The zero-order valence-corrected chi connectivity index (χ0v) is 50.6. The number of hydrogen-bond acceptors (Lipinski definition) is 13. The number of rotatable bonds is 20. The molecule has 0 unspecified atom stereocenters. The van der Waals surface area contributed by atoms with E-state index in [1.807, 2.05) is 78.7 Å². The lowest BCUT2D eigenvalue weighted by atomic mass is 9.84. The molecule has 424 valence electrons. The van der Waals surface area contributed by atoms with Crippen LogP contribution in [0.1, 0.15) is 97.4 Å². The molecule has 0 bridgehead atoms. The van der Waals surface area contributed by atoms with Crippen LogP contribution in [0.4, 0.5) is 11.6 Å². The maximum absolute atomic E-state index is 12.9. The molecule has 8 aromatic rings. The number of ether oxygens (including phenoxy) is 3. The summed E-state index contributed by atoms with van der Waals surface area (Å²) in [6.07, 6.45) is 15.8. The number of hydrogen-bond donors (Lipinski definition) is 2. The van der Waals surface area contributed by atoms with Crippen LogP contribution >= 0.6 is 0 Å². The first kappa shape index (κ1) is 57.3. The monoisotopic (exact) mass is 1120 g/mol. The number of aromatic nitrogens is 8. The van der Waals surface area contributed by atoms with Crippen molar-refractivity contribution in [3.05, 3.63) is 139 Å². The van der Waals surface area contributed by atoms with Gasteiger partial charge in [0.25, 0.3) is 0 Å². The lowest BCUT2D eigenvalue weighted by Gasteiger charge is -2.31. The first-order chi connectivity index (χ1) is 39.2. The minimum Gasteiger partial charge on any atom is -0.494 e. The van der Waals surface area contributed by atoms with Gasteiger partial charge in [0.1, 0.15) is 30.9 Å². The second-order valence-corrected chi connectivity index (χ2v) is 35.4. The van der Waals surface area contributed by atoms with Gasteiger partial charge in [-0.05, 0) is 69.9 Å². The first-order valence-electron chi connectivity index (χ1n) is 29.3. The Morgan fingerprint density at radius 1 is 0.642 bits per heavy atom. The second-order valence-electron chi connectivity index (χ2n) is 24.2. The van der Waals surface area contributed by atoms with Gasteiger partial charge in [0.05, 0.1) is 52.9 Å². The summed E-state index contributed by atoms with van der Waals surface area (Å²) in [5.74, 6) is 3.00. The van der Waals surface area contributed by atoms with Crippen LogP contribution in [-0.4, -0.2) is 114 Å². The molecule has 81 heavy (non-hydrogen) atoms. The van der Waals surface area contributed by atoms with Crippen molar-refractivity contribution in [2.45, 2.75) is 121 Å². The van der Waals surface area contributed by atoms with E-state index in [1.54, 1.807) is 4.52 Å². The molecule has 11 rings (SSSR count). The average molecular weight is 1120 g/mol. The molecule has 1 saturated heterocycles. The topological polar surface area (TPSA) is 158 Å². The molecule has 3 aliphatic rings. The number of piperidine rings is 1. The smallest absolute Gasteiger partial charge is 0.170 e. The largest absolute Gasteiger partial charge is 0.494 e. The van der Waals surface area contributed by atoms with Gasteiger partial charge < -0.3 is 29.7 Å². The van der Waals surface area contributed by atoms with E-state index in [4.69, 9.17) is 34.3 Å². The van der Waals surface area contributed by atoms with Crippen LogP contribution in [0, 0.1) is 0 Å². The number of ketones is 1. The number of carbonyl (C=O) groups is 1. The highest BCUT2D eigenvalue weighted by atomic mass is 28.3. The number of Topliss-reactive ketones (excluding diaryl/α,β-unsaturated/α-hetero) is 1. The van der Waals surface area contributed by atoms with Crippen LogP contribution in [-0.2, 0) is 14.2 Å². The van der Waals surface area contributed by atoms with Gasteiger partial charge >= 0.3 is 0 Å². The highest BCUT2D eigenvalue weighted by Gasteiger charge is 2.33. The molecule has 2 aliphatic heterocycles. The summed E-state index contributed by atoms with van der Waals surface area (Å²) < 4.78 is 22.8. The molecule has 1 aliphatic carbocycles. The Labute approximate surface area is 480 Å². The maximum Gasteiger partial charge on any atom is 0.170 e. The molecule has 2 aromatic carbocycles. The highest BCUT2D eigenvalue weighted by molar-refractivity contribution is 6.76. The number of nitrogens with one attached hydrogen (secondary N) is 2. The summed E-state index contributed by atoms with van der Waals surface area (Å²) in [6.45, 7) is 26.0. The molecule has 0 spiro atoms. The molecular weight excluding hydrogens is 1040 g/mol. The number of anilines is 2. The molecule has 0 amide bonds. The second kappa shape index (κ2) is 25.9. The summed E-state index contributed by atoms with van der Waals surface area (Å²) >= 11 is 0. The van der Waals surface area contributed by atoms with Crippen molar-refractivity contribution < 1.29 is 19.0 Å². The summed E-state index contributed by atoms with van der Waals surface area (Å²) in [5.41, 5.74) is 13.0. The molecule has 17 heteroatoms. The fourth-order valence-corrected chi connectivity index (χ4v) is 12.6. The fourth-order valence-electron chi connectivity index (χ4n) is 11.1. The van der Waals surface area contributed by atoms with Crippen molar-refractivity contribution >= 4 is 50.6 Å². The standard InChI is InChI=1S/C39H57N5O3Si2.C25H24N6O/c1-9-47-30(2)36-37(32-18-14-11-15-19-32)42-38-34(33-20-21-35(40-26-33)31-16-12-10-13-17-31)27-41-44(38)39(36)43(28-45-22-24-48(3,4)5)29-46-23-25-49(6,7)8;32-21-10-13-27-25-22(21)23(17-8-11-26-12-9-17)30-24-19(15-29-31(24)25)18-6-7-20(28-14-18)16-4-2-1-3-5-16/h10,12-13,16-17,20-21,26-27,32H,2,9,11,14-15,18-19,22-25,28-29H2,1,3-8H3;1-7,14-15,17,26-27H,8-13H2. The molecule has 2 N–H and O–H groups in total. The predicted molar refractivity (Wildman–Crippen MR) is 332 cm³/mol. The van der Waals surface area contributed by atoms with Gasteiger partial charge in [0.2, 0.25) is 0 Å². The molecular formula is C64H81N11O4Si2. The van der Waals surface area contributed by atoms with E-state index in [9.17, 15) is 4.79 Å². The third-order valence-electron chi connectivity index (χ3n) is 15.6. The number of pyridine rings is 2. The van der Waals surface area contributed by atoms with E-state index in [1.165, 1.54) is 19.3 Å². The Hall–Kier alpha value is -6.90. The van der Waals surface area contributed by atoms with Gasteiger partial charge in [-0.2, -0.15) is 19.2 Å². The highest BCUT2D eigenvalue weighted by Crippen LogP contribution is 2.42. The van der Waals surface area contributed by atoms with Gasteiger partial charge in [-0.1, -0.05) is 138 Å². The molecule has 15 nitrogen and oxygen atoms in total. The fraction of sp³-hybridized carbons (Fsp3) is 0.422. The third-order valence-corrected chi connectivity index (χ3v) is 19.0. The van der Waals surface area contributed by atoms with Crippen molar-refractivity contribution in [2.24, 2.45) is 0 Å². The molecule has 0 radical (unpaired) electrons. The van der Waals surface area contributed by atoms with Crippen molar-refractivity contribution in [2.75, 3.05) is 63.1 Å². The van der Waals surface area contributed by atoms with Gasteiger partial charge in [-0.25, -0.2) is 9.97 Å². The van der Waals surface area contributed by atoms with Gasteiger partial charge in [0.15, 0.2) is 17.1 Å². The predicted octanol–water partition coefficient (Wildman–Crippen LogP) is 13.9. The quantitative estimate of drug-likeness (QED) is 0.0322. The van der Waals surface area contributed by atoms with Crippen LogP contribution in [0.5, 0.6) is 0 Å². The summed E-state index contributed by atoms with van der Waals surface area (Å²) in [7, 11) is -2.55. The van der Waals surface area contributed by atoms with Gasteiger partial charge in [-0.3, -0.25) is 14.8 Å². The summed E-state index contributed by atoms with van der Waals surface area (Å²) in [6, 6.07) is 30.9. The Kier molecular flexibility index (Phi) is 18.3. The number of nitrogens with zero attached hydrogens (tertiary/aromatic N) is 9. The van der Waals surface area contributed by atoms with E-state index in [2.05, 4.69) is 114 Å². The maximum atomic E-state index is 12.9. The average Bonchev–Trinajstić information content (AvgIpc) is 3.71. The third kappa shape index (κ3) is 13.7. The van der Waals surface area contributed by atoms with E-state index in [-0.39, 0.29) is 11.7 Å². The first-order valence-corrected chi connectivity index (χ1v) is 36.7. The van der Waals surface area contributed by atoms with Crippen LogP contribution in [0.25, 0.3) is 61.8 Å². The summed E-state index contributed by atoms with van der Waals surface area (Å²) in [4.78, 5) is 35.1. The van der Waals surface area contributed by atoms with Crippen molar-refractivity contribution in [3.63, 3.8) is 0 Å². The van der Waals surface area contributed by atoms with E-state index < -0.39 is 16.1 Å². The number of carbonyl (C=O) groups excluding carboxylic acids is 1. The normalized spacial score (nSPS) is 15.3. The molecule has 6 aromatic heterocycles. The van der Waals surface area contributed by atoms with E-state index in [0.717, 1.165) is 141 Å². The lowest BCUT2D eigenvalue weighted by molar-refractivity contribution is 0.0940. The van der Waals surface area contributed by atoms with Crippen LogP contribution < -0.4 is 15.5 Å². The van der Waals surface area contributed by atoms with Crippen molar-refractivity contribution in [1.29, 1.82) is 0 Å². The van der Waals surface area contributed by atoms with Crippen molar-refractivity contribution in [1.82, 2.24) is 44.5 Å². The molecule has 1 saturated carbocycles. The number of benzene rings is 2. The van der Waals surface area contributed by atoms with Crippen LogP contribution in [0.15, 0.2) is 116 Å². The Morgan fingerprint density at radius 2 is 1.17 bits per heavy atom. The van der Waals surface area contributed by atoms with Gasteiger partial charge in [-0.15, -0.1) is 0 Å². The lowest BCUT2D eigenvalue weighted by Crippen LogP contribution is -2.34. The van der Waals surface area contributed by atoms with Crippen LogP contribution in [0.2, 0.25) is 51.4 Å². The molecule has 8 heterocycles. The Balaban J connectivity index is 0.000000197. The number of fused-ring (bicyclic) bond motifs is 4.